The summed E-state index contributed by atoms with van der Waals surface area (Å²) in [5.74, 6) is 0.885. The van der Waals surface area contributed by atoms with Gasteiger partial charge in [-0.2, -0.15) is 0 Å². The highest BCUT2D eigenvalue weighted by molar-refractivity contribution is 8.00. The van der Waals surface area contributed by atoms with Gasteiger partial charge in [0.1, 0.15) is 5.75 Å². The molecule has 0 fully saturated rings. The predicted molar refractivity (Wildman–Crippen MR) is 82.4 cm³/mol. The predicted octanol–water partition coefficient (Wildman–Crippen LogP) is 3.93. The van der Waals surface area contributed by atoms with Crippen LogP contribution in [0, 0.1) is 0 Å². The number of hydrogen-bond donors (Lipinski definition) is 0. The van der Waals surface area contributed by atoms with E-state index >= 15 is 0 Å². The maximum absolute atomic E-state index is 5.85. The molecule has 1 unspecified atom stereocenters. The van der Waals surface area contributed by atoms with Crippen LogP contribution in [0.25, 0.3) is 0 Å². The molecule has 1 aliphatic heterocycles. The van der Waals surface area contributed by atoms with Crippen molar-refractivity contribution >= 4 is 11.8 Å². The first-order chi connectivity index (χ1) is 9.85. The molecule has 0 aliphatic carbocycles. The monoisotopic (exact) mass is 286 g/mol. The van der Waals surface area contributed by atoms with Crippen molar-refractivity contribution in [2.24, 2.45) is 0 Å². The molecule has 2 aromatic rings. The highest BCUT2D eigenvalue weighted by Gasteiger charge is 2.21. The van der Waals surface area contributed by atoms with Crippen molar-refractivity contribution in [2.75, 3.05) is 13.7 Å². The lowest BCUT2D eigenvalue weighted by Gasteiger charge is -2.10. The highest BCUT2D eigenvalue weighted by Crippen LogP contribution is 2.36. The van der Waals surface area contributed by atoms with E-state index in [0.29, 0.717) is 11.9 Å². The summed E-state index contributed by atoms with van der Waals surface area (Å²) in [6.45, 7) is 1.46. The van der Waals surface area contributed by atoms with Crippen LogP contribution in [0.3, 0.4) is 0 Å². The summed E-state index contributed by atoms with van der Waals surface area (Å²) in [6, 6.07) is 16.7. The van der Waals surface area contributed by atoms with E-state index in [4.69, 9.17) is 9.47 Å². The third kappa shape index (κ3) is 3.17. The second-order valence-electron chi connectivity index (χ2n) is 4.91. The maximum Gasteiger partial charge on any atom is 0.118 e. The summed E-state index contributed by atoms with van der Waals surface area (Å²) < 4.78 is 11.0. The maximum atomic E-state index is 5.85. The van der Waals surface area contributed by atoms with Crippen LogP contribution < -0.4 is 4.74 Å². The van der Waals surface area contributed by atoms with E-state index in [1.54, 1.807) is 7.11 Å². The standard InChI is InChI=1S/C17H18O2S/c1-18-15-8-6-13(7-9-15)11-19-12-16-10-14-4-2-3-5-17(14)20-16/h2-9,16H,10-12H2,1H3. The Morgan fingerprint density at radius 1 is 1.10 bits per heavy atom. The molecule has 0 bridgehead atoms. The van der Waals surface area contributed by atoms with Gasteiger partial charge < -0.3 is 9.47 Å². The minimum absolute atomic E-state index is 0.547. The molecule has 0 aromatic heterocycles. The number of hydrogen-bond acceptors (Lipinski definition) is 3. The lowest BCUT2D eigenvalue weighted by atomic mass is 10.1. The Morgan fingerprint density at radius 2 is 1.90 bits per heavy atom. The van der Waals surface area contributed by atoms with Crippen molar-refractivity contribution in [3.05, 3.63) is 59.7 Å². The van der Waals surface area contributed by atoms with E-state index in [-0.39, 0.29) is 0 Å². The molecular formula is C17H18O2S. The summed E-state index contributed by atoms with van der Waals surface area (Å²) in [6.07, 6.45) is 1.11. The molecule has 1 heterocycles. The third-order valence-corrected chi connectivity index (χ3v) is 4.73. The number of ether oxygens (including phenoxy) is 2. The fourth-order valence-corrected chi connectivity index (χ4v) is 3.62. The van der Waals surface area contributed by atoms with Crippen LogP contribution in [0.2, 0.25) is 0 Å². The third-order valence-electron chi connectivity index (χ3n) is 3.45. The van der Waals surface area contributed by atoms with Gasteiger partial charge in [-0.15, -0.1) is 11.8 Å². The van der Waals surface area contributed by atoms with Gasteiger partial charge in [0.25, 0.3) is 0 Å². The molecule has 3 heteroatoms. The van der Waals surface area contributed by atoms with Crippen LogP contribution in [0.5, 0.6) is 5.75 Å². The van der Waals surface area contributed by atoms with E-state index in [1.807, 2.05) is 23.9 Å². The molecule has 0 N–H and O–H groups in total. The Kier molecular flexibility index (Phi) is 4.28. The van der Waals surface area contributed by atoms with Crippen molar-refractivity contribution in [1.82, 2.24) is 0 Å². The Hall–Kier alpha value is -1.45. The largest absolute Gasteiger partial charge is 0.497 e. The molecule has 3 rings (SSSR count). The molecule has 0 radical (unpaired) electrons. The summed E-state index contributed by atoms with van der Waals surface area (Å²) in [5.41, 5.74) is 2.64. The summed E-state index contributed by atoms with van der Waals surface area (Å²) >= 11 is 1.93. The van der Waals surface area contributed by atoms with Crippen molar-refractivity contribution in [2.45, 2.75) is 23.2 Å². The van der Waals surface area contributed by atoms with Gasteiger partial charge in [-0.1, -0.05) is 30.3 Å². The first-order valence-corrected chi connectivity index (χ1v) is 7.68. The SMILES string of the molecule is COc1ccc(COCC2Cc3ccccc3S2)cc1. The van der Waals surface area contributed by atoms with Gasteiger partial charge in [-0.3, -0.25) is 0 Å². The number of thioether (sulfide) groups is 1. The van der Waals surface area contributed by atoms with Crippen LogP contribution in [0.4, 0.5) is 0 Å². The molecular weight excluding hydrogens is 268 g/mol. The zero-order valence-electron chi connectivity index (χ0n) is 11.5. The first-order valence-electron chi connectivity index (χ1n) is 6.80. The Bertz CT molecular complexity index is 540. The normalized spacial score (nSPS) is 16.9. The van der Waals surface area contributed by atoms with Gasteiger partial charge in [0.2, 0.25) is 0 Å². The molecule has 0 spiro atoms. The lowest BCUT2D eigenvalue weighted by Crippen LogP contribution is -2.10. The van der Waals surface area contributed by atoms with Crippen molar-refractivity contribution in [3.63, 3.8) is 0 Å². The minimum Gasteiger partial charge on any atom is -0.497 e. The summed E-state index contributed by atoms with van der Waals surface area (Å²) in [4.78, 5) is 1.41. The van der Waals surface area contributed by atoms with Crippen molar-refractivity contribution in [1.29, 1.82) is 0 Å². The fraction of sp³-hybridized carbons (Fsp3) is 0.294. The quantitative estimate of drug-likeness (QED) is 0.829. The van der Waals surface area contributed by atoms with E-state index in [0.717, 1.165) is 18.8 Å². The molecule has 0 amide bonds. The number of fused-ring (bicyclic) bond motifs is 1. The van der Waals surface area contributed by atoms with E-state index in [1.165, 1.54) is 16.0 Å². The highest BCUT2D eigenvalue weighted by atomic mass is 32.2. The van der Waals surface area contributed by atoms with Gasteiger partial charge in [-0.05, 0) is 35.7 Å². The second kappa shape index (κ2) is 6.33. The van der Waals surface area contributed by atoms with E-state index in [9.17, 15) is 0 Å². The molecule has 2 nitrogen and oxygen atoms in total. The smallest absolute Gasteiger partial charge is 0.118 e. The van der Waals surface area contributed by atoms with Gasteiger partial charge in [-0.25, -0.2) is 0 Å². The zero-order chi connectivity index (χ0) is 13.8. The van der Waals surface area contributed by atoms with Crippen molar-refractivity contribution < 1.29 is 9.47 Å². The summed E-state index contributed by atoms with van der Waals surface area (Å²) in [5, 5.41) is 0.547. The van der Waals surface area contributed by atoms with E-state index in [2.05, 4.69) is 36.4 Å². The number of benzene rings is 2. The van der Waals surface area contributed by atoms with Gasteiger partial charge >= 0.3 is 0 Å². The Labute approximate surface area is 124 Å². The van der Waals surface area contributed by atoms with E-state index < -0.39 is 0 Å². The Morgan fingerprint density at radius 3 is 2.65 bits per heavy atom. The minimum atomic E-state index is 0.547. The van der Waals surface area contributed by atoms with Crippen molar-refractivity contribution in [3.8, 4) is 5.75 Å². The average Bonchev–Trinajstić information content (AvgIpc) is 2.90. The average molecular weight is 286 g/mol. The van der Waals surface area contributed by atoms with Gasteiger partial charge in [0, 0.05) is 10.1 Å². The Balaban J connectivity index is 1.47. The van der Waals surface area contributed by atoms with Gasteiger partial charge in [0.05, 0.1) is 20.3 Å². The zero-order valence-corrected chi connectivity index (χ0v) is 12.4. The molecule has 0 saturated heterocycles. The molecule has 0 saturated carbocycles. The number of rotatable bonds is 5. The lowest BCUT2D eigenvalue weighted by molar-refractivity contribution is 0.122. The second-order valence-corrected chi connectivity index (χ2v) is 6.26. The molecule has 1 atom stereocenters. The molecule has 20 heavy (non-hydrogen) atoms. The van der Waals surface area contributed by atoms with Crippen LogP contribution in [0.15, 0.2) is 53.4 Å². The van der Waals surface area contributed by atoms with Crippen LogP contribution in [-0.2, 0) is 17.8 Å². The molecule has 1 aliphatic rings. The first kappa shape index (κ1) is 13.5. The van der Waals surface area contributed by atoms with Gasteiger partial charge in [0.15, 0.2) is 0 Å². The molecule has 104 valence electrons. The van der Waals surface area contributed by atoms with Crippen LogP contribution >= 0.6 is 11.8 Å². The summed E-state index contributed by atoms with van der Waals surface area (Å²) in [7, 11) is 1.68. The topological polar surface area (TPSA) is 18.5 Å². The van der Waals surface area contributed by atoms with Crippen LogP contribution in [-0.4, -0.2) is 19.0 Å². The fourth-order valence-electron chi connectivity index (χ4n) is 2.38. The number of methoxy groups -OCH3 is 1. The molecule has 2 aromatic carbocycles. The van der Waals surface area contributed by atoms with Crippen LogP contribution in [0.1, 0.15) is 11.1 Å².